The lowest BCUT2D eigenvalue weighted by Crippen LogP contribution is -2.47. The van der Waals surface area contributed by atoms with Gasteiger partial charge in [-0.1, -0.05) is 0 Å². The van der Waals surface area contributed by atoms with Crippen molar-refractivity contribution in [2.45, 2.75) is 31.3 Å². The summed E-state index contributed by atoms with van der Waals surface area (Å²) in [5.41, 5.74) is 6.68. The first kappa shape index (κ1) is 11.8. The molecule has 2 atom stereocenters. The fourth-order valence-corrected chi connectivity index (χ4v) is 2.14. The van der Waals surface area contributed by atoms with Crippen LogP contribution in [0.4, 0.5) is 0 Å². The summed E-state index contributed by atoms with van der Waals surface area (Å²) in [4.78, 5) is 31.2. The summed E-state index contributed by atoms with van der Waals surface area (Å²) in [5, 5.41) is 0. The number of carbonyl (C=O) groups excluding carboxylic acids is 2. The minimum atomic E-state index is -0.615. The normalized spacial score (nSPS) is 21.5. The Labute approximate surface area is 99.2 Å². The number of amides is 1. The van der Waals surface area contributed by atoms with E-state index < -0.39 is 6.04 Å². The standard InChI is InChI=1S/C11H16N4O2/c12-10(4-8-5-13-7-14-8)11(17)15-3-1-2-9(15)6-16/h5-7,9-10H,1-4,12H2,(H,13,14). The smallest absolute Gasteiger partial charge is 0.240 e. The van der Waals surface area contributed by atoms with E-state index >= 15 is 0 Å². The summed E-state index contributed by atoms with van der Waals surface area (Å²) in [6, 6.07) is -0.911. The Balaban J connectivity index is 1.97. The lowest BCUT2D eigenvalue weighted by Gasteiger charge is -2.23. The van der Waals surface area contributed by atoms with Gasteiger partial charge in [0.2, 0.25) is 5.91 Å². The molecule has 1 saturated heterocycles. The number of likely N-dealkylation sites (tertiary alicyclic amines) is 1. The molecule has 0 aromatic carbocycles. The van der Waals surface area contributed by atoms with Gasteiger partial charge in [-0.2, -0.15) is 0 Å². The molecule has 0 saturated carbocycles. The summed E-state index contributed by atoms with van der Waals surface area (Å²) in [7, 11) is 0. The summed E-state index contributed by atoms with van der Waals surface area (Å²) < 4.78 is 0. The number of nitrogens with zero attached hydrogens (tertiary/aromatic N) is 2. The molecule has 2 unspecified atom stereocenters. The zero-order valence-corrected chi connectivity index (χ0v) is 9.50. The van der Waals surface area contributed by atoms with Gasteiger partial charge in [-0.3, -0.25) is 4.79 Å². The highest BCUT2D eigenvalue weighted by Crippen LogP contribution is 2.16. The average Bonchev–Trinajstić information content (AvgIpc) is 2.97. The van der Waals surface area contributed by atoms with Crippen LogP contribution in [0.15, 0.2) is 12.5 Å². The molecule has 3 N–H and O–H groups in total. The number of rotatable bonds is 4. The van der Waals surface area contributed by atoms with Crippen LogP contribution in [0, 0.1) is 0 Å². The first-order valence-electron chi connectivity index (χ1n) is 5.71. The Hall–Kier alpha value is -1.69. The highest BCUT2D eigenvalue weighted by Gasteiger charge is 2.31. The van der Waals surface area contributed by atoms with E-state index in [9.17, 15) is 9.59 Å². The summed E-state index contributed by atoms with van der Waals surface area (Å²) >= 11 is 0. The molecule has 17 heavy (non-hydrogen) atoms. The molecule has 6 nitrogen and oxygen atoms in total. The molecule has 1 aromatic rings. The second-order valence-corrected chi connectivity index (χ2v) is 4.26. The molecule has 0 radical (unpaired) electrons. The maximum Gasteiger partial charge on any atom is 0.240 e. The van der Waals surface area contributed by atoms with Crippen LogP contribution < -0.4 is 5.73 Å². The predicted molar refractivity (Wildman–Crippen MR) is 61.1 cm³/mol. The van der Waals surface area contributed by atoms with Gasteiger partial charge in [0.1, 0.15) is 6.29 Å². The van der Waals surface area contributed by atoms with Gasteiger partial charge in [0.15, 0.2) is 0 Å². The van der Waals surface area contributed by atoms with Crippen molar-refractivity contribution >= 4 is 12.2 Å². The van der Waals surface area contributed by atoms with E-state index in [0.717, 1.165) is 24.8 Å². The first-order chi connectivity index (χ1) is 8.22. The second-order valence-electron chi connectivity index (χ2n) is 4.26. The Kier molecular flexibility index (Phi) is 3.53. The third kappa shape index (κ3) is 2.52. The van der Waals surface area contributed by atoms with Crippen LogP contribution in [-0.2, 0) is 16.0 Å². The minimum Gasteiger partial charge on any atom is -0.348 e. The van der Waals surface area contributed by atoms with Crippen LogP contribution in [0.1, 0.15) is 18.5 Å². The number of imidazole rings is 1. The molecule has 0 aliphatic carbocycles. The Morgan fingerprint density at radius 1 is 1.76 bits per heavy atom. The number of aromatic amines is 1. The minimum absolute atomic E-state index is 0.158. The number of hydrogen-bond acceptors (Lipinski definition) is 4. The van der Waals surface area contributed by atoms with Gasteiger partial charge in [-0.05, 0) is 12.8 Å². The topological polar surface area (TPSA) is 92.1 Å². The largest absolute Gasteiger partial charge is 0.348 e. The molecule has 0 bridgehead atoms. The average molecular weight is 236 g/mol. The van der Waals surface area contributed by atoms with Gasteiger partial charge in [0, 0.05) is 24.9 Å². The SMILES string of the molecule is NC(Cc1cnc[nH]1)C(=O)N1CCCC1C=O. The van der Waals surface area contributed by atoms with Crippen LogP contribution >= 0.6 is 0 Å². The van der Waals surface area contributed by atoms with Gasteiger partial charge in [0.25, 0.3) is 0 Å². The second kappa shape index (κ2) is 5.09. The number of nitrogens with one attached hydrogen (secondary N) is 1. The highest BCUT2D eigenvalue weighted by molar-refractivity contribution is 5.85. The number of aromatic nitrogens is 2. The fraction of sp³-hybridized carbons (Fsp3) is 0.545. The van der Waals surface area contributed by atoms with Gasteiger partial charge >= 0.3 is 0 Å². The third-order valence-corrected chi connectivity index (χ3v) is 3.05. The van der Waals surface area contributed by atoms with Crippen molar-refractivity contribution in [3.05, 3.63) is 18.2 Å². The van der Waals surface area contributed by atoms with E-state index in [0.29, 0.717) is 13.0 Å². The molecule has 1 aromatic heterocycles. The van der Waals surface area contributed by atoms with E-state index in [4.69, 9.17) is 5.73 Å². The molecule has 2 heterocycles. The number of carbonyl (C=O) groups is 2. The van der Waals surface area contributed by atoms with Crippen molar-refractivity contribution in [3.63, 3.8) is 0 Å². The van der Waals surface area contributed by atoms with Crippen molar-refractivity contribution in [3.8, 4) is 0 Å². The van der Waals surface area contributed by atoms with E-state index in [-0.39, 0.29) is 11.9 Å². The number of hydrogen-bond donors (Lipinski definition) is 2. The van der Waals surface area contributed by atoms with Crippen LogP contribution in [0.3, 0.4) is 0 Å². The molecule has 92 valence electrons. The zero-order valence-electron chi connectivity index (χ0n) is 9.50. The summed E-state index contributed by atoms with van der Waals surface area (Å²) in [6.45, 7) is 0.624. The van der Waals surface area contributed by atoms with E-state index in [1.807, 2.05) is 0 Å². The molecule has 2 rings (SSSR count). The molecule has 1 aliphatic heterocycles. The highest BCUT2D eigenvalue weighted by atomic mass is 16.2. The molecule has 1 fully saturated rings. The monoisotopic (exact) mass is 236 g/mol. The van der Waals surface area contributed by atoms with E-state index in [1.54, 1.807) is 17.4 Å². The Bertz CT molecular complexity index is 390. The third-order valence-electron chi connectivity index (χ3n) is 3.05. The van der Waals surface area contributed by atoms with Crippen molar-refractivity contribution in [2.75, 3.05) is 6.54 Å². The van der Waals surface area contributed by atoms with Crippen LogP contribution in [0.5, 0.6) is 0 Å². The van der Waals surface area contributed by atoms with E-state index in [2.05, 4.69) is 9.97 Å². The fourth-order valence-electron chi connectivity index (χ4n) is 2.14. The van der Waals surface area contributed by atoms with Crippen molar-refractivity contribution < 1.29 is 9.59 Å². The van der Waals surface area contributed by atoms with Gasteiger partial charge < -0.3 is 20.4 Å². The lowest BCUT2D eigenvalue weighted by molar-refractivity contribution is -0.135. The van der Waals surface area contributed by atoms with Gasteiger partial charge in [0.05, 0.1) is 18.4 Å². The lowest BCUT2D eigenvalue weighted by atomic mass is 10.1. The number of H-pyrrole nitrogens is 1. The molecule has 6 heteroatoms. The van der Waals surface area contributed by atoms with Crippen molar-refractivity contribution in [1.29, 1.82) is 0 Å². The molecule has 1 aliphatic rings. The van der Waals surface area contributed by atoms with Crippen LogP contribution in [0.2, 0.25) is 0 Å². The van der Waals surface area contributed by atoms with Crippen LogP contribution in [-0.4, -0.2) is 45.7 Å². The molecule has 1 amide bonds. The number of aldehydes is 1. The quantitative estimate of drug-likeness (QED) is 0.687. The maximum absolute atomic E-state index is 12.0. The molecular weight excluding hydrogens is 220 g/mol. The molecule has 0 spiro atoms. The van der Waals surface area contributed by atoms with Gasteiger partial charge in [-0.15, -0.1) is 0 Å². The van der Waals surface area contributed by atoms with Gasteiger partial charge in [-0.25, -0.2) is 4.98 Å². The zero-order chi connectivity index (χ0) is 12.3. The maximum atomic E-state index is 12.0. The van der Waals surface area contributed by atoms with Crippen molar-refractivity contribution in [1.82, 2.24) is 14.9 Å². The predicted octanol–water partition coefficient (Wildman–Crippen LogP) is -0.531. The molecular formula is C11H16N4O2. The Morgan fingerprint density at radius 2 is 2.59 bits per heavy atom. The summed E-state index contributed by atoms with van der Waals surface area (Å²) in [6.07, 6.45) is 6.05. The van der Waals surface area contributed by atoms with E-state index in [1.165, 1.54) is 0 Å². The Morgan fingerprint density at radius 3 is 3.24 bits per heavy atom. The number of nitrogens with two attached hydrogens (primary N) is 1. The summed E-state index contributed by atoms with van der Waals surface area (Å²) in [5.74, 6) is -0.158. The first-order valence-corrected chi connectivity index (χ1v) is 5.71. The van der Waals surface area contributed by atoms with Crippen LogP contribution in [0.25, 0.3) is 0 Å². The van der Waals surface area contributed by atoms with Crippen molar-refractivity contribution in [2.24, 2.45) is 5.73 Å².